The van der Waals surface area contributed by atoms with Crippen LogP contribution in [0.1, 0.15) is 29.8 Å². The summed E-state index contributed by atoms with van der Waals surface area (Å²) in [7, 11) is 1.66. The van der Waals surface area contributed by atoms with Crippen LogP contribution in [0.2, 0.25) is 0 Å². The van der Waals surface area contributed by atoms with Crippen LogP contribution in [0.15, 0.2) is 48.5 Å². The molecule has 2 aromatic carbocycles. The summed E-state index contributed by atoms with van der Waals surface area (Å²) >= 11 is 5.34. The quantitative estimate of drug-likeness (QED) is 0.679. The van der Waals surface area contributed by atoms with E-state index in [1.54, 1.807) is 12.0 Å². The van der Waals surface area contributed by atoms with E-state index in [9.17, 15) is 4.79 Å². The number of carbonyl (C=O) groups excluding carboxylic acids is 1. The van der Waals surface area contributed by atoms with Crippen LogP contribution in [0.5, 0.6) is 5.75 Å². The van der Waals surface area contributed by atoms with Crippen molar-refractivity contribution in [2.24, 2.45) is 0 Å². The first-order valence-corrected chi connectivity index (χ1v) is 9.55. The van der Waals surface area contributed by atoms with Crippen molar-refractivity contribution in [2.45, 2.75) is 20.3 Å². The molecule has 0 aromatic heterocycles. The average molecular weight is 386 g/mol. The van der Waals surface area contributed by atoms with Gasteiger partial charge in [0.05, 0.1) is 7.11 Å². The molecule has 0 saturated carbocycles. The molecule has 0 aliphatic rings. The number of ether oxygens (including phenoxy) is 1. The lowest BCUT2D eigenvalue weighted by atomic mass is 10.1. The van der Waals surface area contributed by atoms with Crippen molar-refractivity contribution in [1.82, 2.24) is 10.2 Å². The lowest BCUT2D eigenvalue weighted by Crippen LogP contribution is -2.31. The van der Waals surface area contributed by atoms with E-state index in [1.807, 2.05) is 62.4 Å². The molecule has 2 aromatic rings. The van der Waals surface area contributed by atoms with Crippen LogP contribution in [0.4, 0.5) is 5.69 Å². The fourth-order valence-electron chi connectivity index (χ4n) is 2.68. The number of methoxy groups -OCH3 is 1. The Kier molecular flexibility index (Phi) is 8.07. The molecule has 5 nitrogen and oxygen atoms in total. The predicted octanol–water partition coefficient (Wildman–Crippen LogP) is 3.71. The third-order valence-corrected chi connectivity index (χ3v) is 4.55. The molecule has 0 spiro atoms. The smallest absolute Gasteiger partial charge is 0.253 e. The van der Waals surface area contributed by atoms with E-state index in [0.717, 1.165) is 24.4 Å². The molecule has 0 unspecified atom stereocenters. The van der Waals surface area contributed by atoms with Crippen LogP contribution in [-0.2, 0) is 6.42 Å². The summed E-state index contributed by atoms with van der Waals surface area (Å²) in [5.74, 6) is 0.901. The summed E-state index contributed by atoms with van der Waals surface area (Å²) in [6.45, 7) is 6.10. The van der Waals surface area contributed by atoms with E-state index in [1.165, 1.54) is 5.56 Å². The molecule has 0 aliphatic carbocycles. The third-order valence-electron chi connectivity index (χ3n) is 4.30. The Hall–Kier alpha value is -2.60. The van der Waals surface area contributed by atoms with E-state index < -0.39 is 0 Å². The molecule has 0 radical (unpaired) electrons. The molecule has 144 valence electrons. The lowest BCUT2D eigenvalue weighted by Gasteiger charge is -2.18. The number of carbonyl (C=O) groups is 1. The topological polar surface area (TPSA) is 53.6 Å². The number of benzene rings is 2. The standard InChI is InChI=1S/C21H27N3O2S/c1-4-24(5-2)20(25)17-8-10-18(11-9-17)23-21(27)22-15-14-16-6-12-19(26-3)13-7-16/h6-13H,4-5,14-15H2,1-3H3,(H2,22,23,27). The molecule has 0 aliphatic heterocycles. The molecular formula is C21H27N3O2S. The number of nitrogens with one attached hydrogen (secondary N) is 2. The molecule has 0 heterocycles. The SMILES string of the molecule is CCN(CC)C(=O)c1ccc(NC(=S)NCCc2ccc(OC)cc2)cc1. The number of hydrogen-bond donors (Lipinski definition) is 2. The number of hydrogen-bond acceptors (Lipinski definition) is 3. The maximum Gasteiger partial charge on any atom is 0.253 e. The predicted molar refractivity (Wildman–Crippen MR) is 115 cm³/mol. The molecular weight excluding hydrogens is 358 g/mol. The van der Waals surface area contributed by atoms with Crippen molar-refractivity contribution < 1.29 is 9.53 Å². The van der Waals surface area contributed by atoms with Gasteiger partial charge in [0.1, 0.15) is 5.75 Å². The second-order valence-corrected chi connectivity index (χ2v) is 6.44. The second kappa shape index (κ2) is 10.5. The first-order valence-electron chi connectivity index (χ1n) is 9.14. The van der Waals surface area contributed by atoms with E-state index in [-0.39, 0.29) is 5.91 Å². The maximum atomic E-state index is 12.3. The van der Waals surface area contributed by atoms with Gasteiger partial charge < -0.3 is 20.3 Å². The summed E-state index contributed by atoms with van der Waals surface area (Å²) in [6, 6.07) is 15.4. The van der Waals surface area contributed by atoms with Crippen LogP contribution >= 0.6 is 12.2 Å². The zero-order valence-corrected chi connectivity index (χ0v) is 16.9. The number of rotatable bonds is 8. The fraction of sp³-hybridized carbons (Fsp3) is 0.333. The van der Waals surface area contributed by atoms with Crippen molar-refractivity contribution >= 4 is 28.9 Å². The Morgan fingerprint density at radius 2 is 1.67 bits per heavy atom. The highest BCUT2D eigenvalue weighted by molar-refractivity contribution is 7.80. The Labute approximate surface area is 166 Å². The summed E-state index contributed by atoms with van der Waals surface area (Å²) in [5.41, 5.74) is 2.75. The van der Waals surface area contributed by atoms with E-state index in [4.69, 9.17) is 17.0 Å². The summed E-state index contributed by atoms with van der Waals surface area (Å²) in [5, 5.41) is 6.90. The van der Waals surface area contributed by atoms with E-state index >= 15 is 0 Å². The molecule has 0 bridgehead atoms. The van der Waals surface area contributed by atoms with Crippen LogP contribution in [0.25, 0.3) is 0 Å². The first kappa shape index (κ1) is 20.7. The maximum absolute atomic E-state index is 12.3. The lowest BCUT2D eigenvalue weighted by molar-refractivity contribution is 0.0773. The molecule has 6 heteroatoms. The van der Waals surface area contributed by atoms with Crippen molar-refractivity contribution in [3.05, 3.63) is 59.7 Å². The van der Waals surface area contributed by atoms with E-state index in [2.05, 4.69) is 10.6 Å². The largest absolute Gasteiger partial charge is 0.497 e. The van der Waals surface area contributed by atoms with E-state index in [0.29, 0.717) is 23.8 Å². The minimum Gasteiger partial charge on any atom is -0.497 e. The van der Waals surface area contributed by atoms with Crippen LogP contribution in [0.3, 0.4) is 0 Å². The average Bonchev–Trinajstić information content (AvgIpc) is 2.70. The monoisotopic (exact) mass is 385 g/mol. The highest BCUT2D eigenvalue weighted by Gasteiger charge is 2.11. The van der Waals surface area contributed by atoms with Gasteiger partial charge in [-0.25, -0.2) is 0 Å². The summed E-state index contributed by atoms with van der Waals surface area (Å²) in [6.07, 6.45) is 0.864. The molecule has 1 amide bonds. The minimum atomic E-state index is 0.0479. The highest BCUT2D eigenvalue weighted by atomic mass is 32.1. The first-order chi connectivity index (χ1) is 13.1. The molecule has 0 atom stereocenters. The zero-order valence-electron chi connectivity index (χ0n) is 16.1. The van der Waals surface area contributed by atoms with Gasteiger partial charge in [0.15, 0.2) is 5.11 Å². The van der Waals surface area contributed by atoms with Gasteiger partial charge in [0.25, 0.3) is 5.91 Å². The van der Waals surface area contributed by atoms with Gasteiger partial charge >= 0.3 is 0 Å². The van der Waals surface area contributed by atoms with Gasteiger partial charge in [-0.05, 0) is 74.4 Å². The minimum absolute atomic E-state index is 0.0479. The Bertz CT molecular complexity index is 741. The summed E-state index contributed by atoms with van der Waals surface area (Å²) < 4.78 is 5.16. The van der Waals surface area contributed by atoms with Gasteiger partial charge in [-0.2, -0.15) is 0 Å². The number of thiocarbonyl (C=S) groups is 1. The molecule has 0 saturated heterocycles. The van der Waals surface area contributed by atoms with Gasteiger partial charge in [-0.15, -0.1) is 0 Å². The van der Waals surface area contributed by atoms with Gasteiger partial charge in [-0.3, -0.25) is 4.79 Å². The normalized spacial score (nSPS) is 10.2. The van der Waals surface area contributed by atoms with Crippen LogP contribution < -0.4 is 15.4 Å². The molecule has 2 N–H and O–H groups in total. The Balaban J connectivity index is 1.80. The van der Waals surface area contributed by atoms with Crippen LogP contribution in [-0.4, -0.2) is 42.7 Å². The van der Waals surface area contributed by atoms with Crippen LogP contribution in [0, 0.1) is 0 Å². The number of nitrogens with zero attached hydrogens (tertiary/aromatic N) is 1. The molecule has 2 rings (SSSR count). The second-order valence-electron chi connectivity index (χ2n) is 6.03. The van der Waals surface area contributed by atoms with Crippen molar-refractivity contribution in [3.8, 4) is 5.75 Å². The number of amides is 1. The van der Waals surface area contributed by atoms with Crippen molar-refractivity contribution in [1.29, 1.82) is 0 Å². The molecule has 0 fully saturated rings. The van der Waals surface area contributed by atoms with Gasteiger partial charge in [-0.1, -0.05) is 12.1 Å². The fourth-order valence-corrected chi connectivity index (χ4v) is 2.90. The van der Waals surface area contributed by atoms with Gasteiger partial charge in [0, 0.05) is 30.9 Å². The Morgan fingerprint density at radius 1 is 1.04 bits per heavy atom. The summed E-state index contributed by atoms with van der Waals surface area (Å²) in [4.78, 5) is 14.1. The zero-order chi connectivity index (χ0) is 19.6. The number of anilines is 1. The third kappa shape index (κ3) is 6.25. The Morgan fingerprint density at radius 3 is 2.22 bits per heavy atom. The van der Waals surface area contributed by atoms with Gasteiger partial charge in [0.2, 0.25) is 0 Å². The highest BCUT2D eigenvalue weighted by Crippen LogP contribution is 2.13. The van der Waals surface area contributed by atoms with Crippen molar-refractivity contribution in [2.75, 3.05) is 32.1 Å². The molecule has 27 heavy (non-hydrogen) atoms. The van der Waals surface area contributed by atoms with Crippen molar-refractivity contribution in [3.63, 3.8) is 0 Å².